The van der Waals surface area contributed by atoms with Crippen LogP contribution in [0.1, 0.15) is 27.5 Å². The Kier molecular flexibility index (Phi) is 11.6. The molecule has 1 heterocycles. The van der Waals surface area contributed by atoms with Gasteiger partial charge < -0.3 is 14.8 Å². The fourth-order valence-corrected chi connectivity index (χ4v) is 7.40. The number of halogens is 1. The maximum Gasteiger partial charge on any atom is 0.257 e. The summed E-state index contributed by atoms with van der Waals surface area (Å²) in [6, 6.07) is 32.0. The molecule has 1 aliphatic rings. The molecule has 0 radical (unpaired) electrons. The van der Waals surface area contributed by atoms with Crippen LogP contribution in [-0.2, 0) is 14.8 Å². The van der Waals surface area contributed by atoms with Gasteiger partial charge in [-0.25, -0.2) is 8.42 Å². The number of hydrogen-bond acceptors (Lipinski definition) is 7. The second-order valence-corrected chi connectivity index (χ2v) is 13.8. The highest BCUT2D eigenvalue weighted by atomic mass is 79.9. The smallest absolute Gasteiger partial charge is 0.257 e. The third-order valence-corrected chi connectivity index (χ3v) is 10.3. The van der Waals surface area contributed by atoms with Gasteiger partial charge in [0.05, 0.1) is 22.0 Å². The number of piperazine rings is 1. The molecule has 46 heavy (non-hydrogen) atoms. The number of anilines is 1. The van der Waals surface area contributed by atoms with Gasteiger partial charge in [-0.1, -0.05) is 60.7 Å². The molecule has 2 N–H and O–H groups in total. The van der Waals surface area contributed by atoms with Gasteiger partial charge in [-0.2, -0.15) is 4.31 Å². The van der Waals surface area contributed by atoms with Crippen LogP contribution in [-0.4, -0.2) is 75.1 Å². The number of amides is 1. The summed E-state index contributed by atoms with van der Waals surface area (Å²) in [7, 11) is -2.11. The Morgan fingerprint density at radius 3 is 2.04 bits per heavy atom. The van der Waals surface area contributed by atoms with Crippen molar-refractivity contribution < 1.29 is 22.7 Å². The minimum atomic E-state index is -3.70. The molecule has 9 nitrogen and oxygen atoms in total. The van der Waals surface area contributed by atoms with Gasteiger partial charge in [-0.05, 0) is 81.7 Å². The van der Waals surface area contributed by atoms with E-state index in [0.29, 0.717) is 60.9 Å². The minimum absolute atomic E-state index is 0.0444. The first-order chi connectivity index (χ1) is 22.3. The maximum absolute atomic E-state index is 13.5. The summed E-state index contributed by atoms with van der Waals surface area (Å²) < 4.78 is 39.9. The average Bonchev–Trinajstić information content (AvgIpc) is 3.07. The summed E-state index contributed by atoms with van der Waals surface area (Å²) in [4.78, 5) is 15.3. The molecule has 0 bridgehead atoms. The molecule has 1 aliphatic heterocycles. The topological polar surface area (TPSA) is 100 Å². The van der Waals surface area contributed by atoms with E-state index in [2.05, 4.69) is 55.7 Å². The monoisotopic (exact) mass is 722 g/mol. The Bertz CT molecular complexity index is 1700. The highest BCUT2D eigenvalue weighted by Crippen LogP contribution is 2.31. The Hall–Kier alpha value is -3.65. The van der Waals surface area contributed by atoms with E-state index >= 15 is 0 Å². The van der Waals surface area contributed by atoms with Gasteiger partial charge in [0.15, 0.2) is 5.11 Å². The van der Waals surface area contributed by atoms with Crippen LogP contribution < -0.4 is 15.4 Å². The van der Waals surface area contributed by atoms with Gasteiger partial charge in [0.25, 0.3) is 5.91 Å². The fraction of sp³-hybridized carbons (Fsp3) is 0.235. The van der Waals surface area contributed by atoms with Crippen molar-refractivity contribution in [1.82, 2.24) is 14.5 Å². The van der Waals surface area contributed by atoms with Gasteiger partial charge >= 0.3 is 0 Å². The van der Waals surface area contributed by atoms with Gasteiger partial charge in [0, 0.05) is 44.5 Å². The third kappa shape index (κ3) is 8.38. The van der Waals surface area contributed by atoms with E-state index < -0.39 is 15.9 Å². The van der Waals surface area contributed by atoms with Crippen LogP contribution >= 0.6 is 28.1 Å². The Morgan fingerprint density at radius 1 is 0.870 bits per heavy atom. The molecule has 0 atom stereocenters. The second kappa shape index (κ2) is 15.8. The van der Waals surface area contributed by atoms with E-state index in [0.717, 1.165) is 0 Å². The van der Waals surface area contributed by atoms with Crippen molar-refractivity contribution in [2.45, 2.75) is 10.9 Å². The first-order valence-electron chi connectivity index (χ1n) is 14.7. The van der Waals surface area contributed by atoms with Crippen molar-refractivity contribution >= 4 is 54.9 Å². The molecule has 0 saturated carbocycles. The van der Waals surface area contributed by atoms with Crippen LogP contribution in [0, 0.1) is 0 Å². The number of hydrogen-bond donors (Lipinski definition) is 2. The van der Waals surface area contributed by atoms with Gasteiger partial charge in [0.2, 0.25) is 10.0 Å². The van der Waals surface area contributed by atoms with E-state index in [9.17, 15) is 13.2 Å². The number of rotatable bonds is 11. The first-order valence-corrected chi connectivity index (χ1v) is 17.4. The predicted molar refractivity (Wildman–Crippen MR) is 187 cm³/mol. The maximum atomic E-state index is 13.5. The number of carbonyl (C=O) groups is 1. The predicted octanol–water partition coefficient (Wildman–Crippen LogP) is 5.70. The molecule has 0 aliphatic carbocycles. The lowest BCUT2D eigenvalue weighted by molar-refractivity contribution is 0.0977. The normalized spacial score (nSPS) is 14.2. The summed E-state index contributed by atoms with van der Waals surface area (Å²) >= 11 is 8.75. The summed E-state index contributed by atoms with van der Waals surface area (Å²) in [6.45, 7) is 2.79. The van der Waals surface area contributed by atoms with E-state index in [1.165, 1.54) is 15.4 Å². The molecular formula is C34H35BrN4O5S2. The molecule has 5 rings (SSSR count). The highest BCUT2D eigenvalue weighted by Gasteiger charge is 2.32. The molecule has 1 fully saturated rings. The zero-order chi connectivity index (χ0) is 32.5. The molecule has 4 aromatic rings. The lowest BCUT2D eigenvalue weighted by Crippen LogP contribution is -2.49. The lowest BCUT2D eigenvalue weighted by atomic mass is 9.96. The third-order valence-electron chi connectivity index (χ3n) is 7.59. The van der Waals surface area contributed by atoms with Crippen LogP contribution in [0.4, 0.5) is 5.69 Å². The molecule has 0 unspecified atom stereocenters. The molecule has 240 valence electrons. The number of methoxy groups -OCH3 is 1. The summed E-state index contributed by atoms with van der Waals surface area (Å²) in [6.07, 6.45) is 0. The quantitative estimate of drug-likeness (QED) is 0.150. The Balaban J connectivity index is 1.17. The molecule has 1 amide bonds. The van der Waals surface area contributed by atoms with Crippen molar-refractivity contribution in [1.29, 1.82) is 0 Å². The minimum Gasteiger partial charge on any atom is -0.490 e. The van der Waals surface area contributed by atoms with Gasteiger partial charge in [-0.15, -0.1) is 0 Å². The van der Waals surface area contributed by atoms with Crippen LogP contribution in [0.5, 0.6) is 5.75 Å². The molecule has 12 heteroatoms. The van der Waals surface area contributed by atoms with Crippen molar-refractivity contribution in [3.63, 3.8) is 0 Å². The zero-order valence-corrected chi connectivity index (χ0v) is 28.5. The number of benzene rings is 4. The van der Waals surface area contributed by atoms with E-state index in [-0.39, 0.29) is 16.0 Å². The van der Waals surface area contributed by atoms with Gasteiger partial charge in [-0.3, -0.25) is 15.0 Å². The van der Waals surface area contributed by atoms with Crippen molar-refractivity contribution in [2.24, 2.45) is 0 Å². The standard InChI is InChI=1S/C34H35BrN4O5S2/c1-43-22-23-44-31-17-12-27(24-30(31)35)33(40)37-34(45)36-28-13-15-29(16-14-28)46(41,42)39-20-18-38(19-21-39)32(25-8-4-2-5-9-25)26-10-6-3-7-11-26/h2-17,24,32H,18-23H2,1H3,(H2,36,37,40,45). The molecule has 0 spiro atoms. The van der Waals surface area contributed by atoms with Crippen LogP contribution in [0.2, 0.25) is 0 Å². The van der Waals surface area contributed by atoms with Crippen molar-refractivity contribution in [3.8, 4) is 5.75 Å². The summed E-state index contributed by atoms with van der Waals surface area (Å²) in [5, 5.41) is 5.67. The SMILES string of the molecule is COCCOc1ccc(C(=O)NC(=S)Nc2ccc(S(=O)(=O)N3CCN(C(c4ccccc4)c4ccccc4)CC3)cc2)cc1Br. The molecular weight excluding hydrogens is 688 g/mol. The summed E-state index contributed by atoms with van der Waals surface area (Å²) in [5.41, 5.74) is 3.29. The highest BCUT2D eigenvalue weighted by molar-refractivity contribution is 9.10. The first kappa shape index (κ1) is 33.7. The molecule has 1 saturated heterocycles. The number of carbonyl (C=O) groups excluding carboxylic acids is 1. The molecule has 0 aromatic heterocycles. The number of nitrogens with one attached hydrogen (secondary N) is 2. The number of ether oxygens (including phenoxy) is 2. The van der Waals surface area contributed by atoms with Gasteiger partial charge in [0.1, 0.15) is 12.4 Å². The number of nitrogens with zero attached hydrogens (tertiary/aromatic N) is 2. The van der Waals surface area contributed by atoms with Crippen LogP contribution in [0.15, 0.2) is 112 Å². The largest absolute Gasteiger partial charge is 0.490 e. The Morgan fingerprint density at radius 2 is 1.48 bits per heavy atom. The van der Waals surface area contributed by atoms with E-state index in [1.807, 2.05) is 36.4 Å². The zero-order valence-electron chi connectivity index (χ0n) is 25.3. The lowest BCUT2D eigenvalue weighted by Gasteiger charge is -2.39. The van der Waals surface area contributed by atoms with Crippen molar-refractivity contribution in [2.75, 3.05) is 51.8 Å². The van der Waals surface area contributed by atoms with E-state index in [4.69, 9.17) is 21.7 Å². The van der Waals surface area contributed by atoms with Crippen LogP contribution in [0.25, 0.3) is 0 Å². The fourth-order valence-electron chi connectivity index (χ4n) is 5.28. The molecule has 4 aromatic carbocycles. The van der Waals surface area contributed by atoms with Crippen molar-refractivity contribution in [3.05, 3.63) is 124 Å². The number of sulfonamides is 1. The second-order valence-electron chi connectivity index (χ2n) is 10.6. The average molecular weight is 724 g/mol. The van der Waals surface area contributed by atoms with E-state index in [1.54, 1.807) is 49.6 Å². The Labute approximate surface area is 283 Å². The van der Waals surface area contributed by atoms with Crippen LogP contribution in [0.3, 0.4) is 0 Å². The number of thiocarbonyl (C=S) groups is 1. The summed E-state index contributed by atoms with van der Waals surface area (Å²) in [5.74, 6) is 0.191.